The second kappa shape index (κ2) is 9.54. The fourth-order valence-electron chi connectivity index (χ4n) is 3.77. The Morgan fingerprint density at radius 2 is 2.04 bits per heavy atom. The van der Waals surface area contributed by atoms with Gasteiger partial charge in [0, 0.05) is 42.8 Å². The highest BCUT2D eigenvalue weighted by Crippen LogP contribution is 2.18. The van der Waals surface area contributed by atoms with Crippen LogP contribution in [0.25, 0.3) is 0 Å². The second-order valence-corrected chi connectivity index (χ2v) is 8.01. The molecule has 0 aromatic carbocycles. The van der Waals surface area contributed by atoms with Crippen molar-refractivity contribution in [1.82, 2.24) is 25.3 Å². The number of nitrogens with one attached hydrogen (secondary N) is 2. The minimum atomic E-state index is -0.0270. The van der Waals surface area contributed by atoms with E-state index in [1.165, 1.54) is 11.3 Å². The first kappa shape index (κ1) is 20.8. The summed E-state index contributed by atoms with van der Waals surface area (Å²) in [5, 5.41) is 14.7. The number of nitrogens with zero attached hydrogens (tertiary/aromatic N) is 3. The van der Waals surface area contributed by atoms with Crippen molar-refractivity contribution in [1.29, 1.82) is 0 Å². The summed E-state index contributed by atoms with van der Waals surface area (Å²) in [6.45, 7) is 3.25. The Morgan fingerprint density at radius 3 is 2.71 bits per heavy atom. The summed E-state index contributed by atoms with van der Waals surface area (Å²) in [6.07, 6.45) is 5.69. The molecular formula is C19H26ClN5O2S. The Balaban J connectivity index is 0.00000225. The van der Waals surface area contributed by atoms with Crippen molar-refractivity contribution >= 4 is 35.6 Å². The third-order valence-electron chi connectivity index (χ3n) is 5.37. The zero-order valence-corrected chi connectivity index (χ0v) is 17.3. The van der Waals surface area contributed by atoms with Gasteiger partial charge in [-0.15, -0.1) is 12.4 Å². The van der Waals surface area contributed by atoms with Gasteiger partial charge in [-0.25, -0.2) is 0 Å². The molecule has 2 aromatic rings. The maximum Gasteiger partial charge on any atom is 0.274 e. The molecule has 0 aliphatic carbocycles. The van der Waals surface area contributed by atoms with E-state index < -0.39 is 0 Å². The molecule has 4 heterocycles. The summed E-state index contributed by atoms with van der Waals surface area (Å²) in [6, 6.07) is 4.10. The summed E-state index contributed by atoms with van der Waals surface area (Å²) < 4.78 is 1.92. The predicted molar refractivity (Wildman–Crippen MR) is 111 cm³/mol. The number of likely N-dealkylation sites (tertiary alicyclic amines) is 1. The van der Waals surface area contributed by atoms with Gasteiger partial charge in [-0.05, 0) is 49.7 Å². The molecule has 152 valence electrons. The number of halogens is 1. The van der Waals surface area contributed by atoms with Crippen molar-refractivity contribution in [2.75, 3.05) is 26.2 Å². The van der Waals surface area contributed by atoms with Gasteiger partial charge in [-0.1, -0.05) is 0 Å². The van der Waals surface area contributed by atoms with E-state index in [-0.39, 0.29) is 30.3 Å². The molecule has 28 heavy (non-hydrogen) atoms. The average Bonchev–Trinajstić information content (AvgIpc) is 3.41. The average molecular weight is 424 g/mol. The molecule has 0 spiro atoms. The van der Waals surface area contributed by atoms with Crippen molar-refractivity contribution in [2.45, 2.75) is 37.8 Å². The summed E-state index contributed by atoms with van der Waals surface area (Å²) in [7, 11) is 0. The van der Waals surface area contributed by atoms with Crippen molar-refractivity contribution in [3.63, 3.8) is 0 Å². The van der Waals surface area contributed by atoms with Gasteiger partial charge >= 0.3 is 0 Å². The molecule has 2 aliphatic heterocycles. The van der Waals surface area contributed by atoms with Gasteiger partial charge in [0.1, 0.15) is 5.69 Å². The van der Waals surface area contributed by atoms with Crippen LogP contribution in [0.15, 0.2) is 29.1 Å². The van der Waals surface area contributed by atoms with E-state index in [1.807, 2.05) is 38.7 Å². The summed E-state index contributed by atoms with van der Waals surface area (Å²) in [5.74, 6) is -0.0407. The lowest BCUT2D eigenvalue weighted by atomic mass is 10.0. The predicted octanol–water partition coefficient (Wildman–Crippen LogP) is 2.33. The molecule has 2 fully saturated rings. The van der Waals surface area contributed by atoms with Crippen molar-refractivity contribution in [3.05, 3.63) is 40.3 Å². The van der Waals surface area contributed by atoms with E-state index in [0.717, 1.165) is 38.8 Å². The van der Waals surface area contributed by atoms with E-state index in [4.69, 9.17) is 0 Å². The van der Waals surface area contributed by atoms with Gasteiger partial charge in [0.05, 0.1) is 6.04 Å². The quantitative estimate of drug-likeness (QED) is 0.791. The SMILES string of the molecule is Cl.O=C(NC1CCN(C(=O)c2ccn(C3CCCNC3)n2)CC1)c1ccsc1. The lowest BCUT2D eigenvalue weighted by molar-refractivity contribution is 0.0691. The Labute approximate surface area is 174 Å². The van der Waals surface area contributed by atoms with Crippen LogP contribution in [0.4, 0.5) is 0 Å². The van der Waals surface area contributed by atoms with Crippen LogP contribution in [0.3, 0.4) is 0 Å². The van der Waals surface area contributed by atoms with Gasteiger partial charge < -0.3 is 15.5 Å². The van der Waals surface area contributed by atoms with Crippen LogP contribution in [0, 0.1) is 0 Å². The maximum atomic E-state index is 12.8. The van der Waals surface area contributed by atoms with Crippen LogP contribution in [0.1, 0.15) is 52.6 Å². The highest BCUT2D eigenvalue weighted by atomic mass is 35.5. The van der Waals surface area contributed by atoms with Crippen LogP contribution >= 0.6 is 23.7 Å². The normalized spacial score (nSPS) is 20.4. The summed E-state index contributed by atoms with van der Waals surface area (Å²) >= 11 is 1.52. The molecule has 0 radical (unpaired) electrons. The zero-order chi connectivity index (χ0) is 18.6. The molecule has 2 saturated heterocycles. The molecule has 4 rings (SSSR count). The number of rotatable bonds is 4. The van der Waals surface area contributed by atoms with Crippen LogP contribution in [-0.4, -0.2) is 58.7 Å². The topological polar surface area (TPSA) is 79.3 Å². The Kier molecular flexibility index (Phi) is 7.09. The molecule has 0 bridgehead atoms. The highest BCUT2D eigenvalue weighted by Gasteiger charge is 2.26. The van der Waals surface area contributed by atoms with Crippen LogP contribution in [-0.2, 0) is 0 Å². The number of thiophene rings is 1. The first-order chi connectivity index (χ1) is 13.2. The number of amides is 2. The standard InChI is InChI=1S/C19H25N5O2S.ClH/c25-18(14-6-11-27-13-14)21-15-3-8-23(9-4-15)19(26)17-5-10-24(22-17)16-2-1-7-20-12-16;/h5-6,10-11,13,15-16,20H,1-4,7-9,12H2,(H,21,25);1H. The molecule has 2 amide bonds. The van der Waals surface area contributed by atoms with Gasteiger partial charge in [-0.2, -0.15) is 16.4 Å². The first-order valence-electron chi connectivity index (χ1n) is 9.59. The van der Waals surface area contributed by atoms with Crippen LogP contribution in [0.5, 0.6) is 0 Å². The summed E-state index contributed by atoms with van der Waals surface area (Å²) in [5.41, 5.74) is 1.22. The largest absolute Gasteiger partial charge is 0.349 e. The van der Waals surface area contributed by atoms with E-state index >= 15 is 0 Å². The molecular weight excluding hydrogens is 398 g/mol. The third kappa shape index (κ3) is 4.74. The first-order valence-corrected chi connectivity index (χ1v) is 10.5. The van der Waals surface area contributed by atoms with E-state index in [2.05, 4.69) is 15.7 Å². The molecule has 0 saturated carbocycles. The molecule has 1 unspecified atom stereocenters. The number of carbonyl (C=O) groups excluding carboxylic acids is 2. The fraction of sp³-hybridized carbons (Fsp3) is 0.526. The van der Waals surface area contributed by atoms with Crippen LogP contribution in [0.2, 0.25) is 0 Å². The maximum absolute atomic E-state index is 12.8. The zero-order valence-electron chi connectivity index (χ0n) is 15.7. The van der Waals surface area contributed by atoms with E-state index in [9.17, 15) is 9.59 Å². The minimum absolute atomic E-state index is 0. The van der Waals surface area contributed by atoms with Crippen molar-refractivity contribution in [2.24, 2.45) is 0 Å². The highest BCUT2D eigenvalue weighted by molar-refractivity contribution is 7.08. The third-order valence-corrected chi connectivity index (χ3v) is 6.06. The molecule has 9 heteroatoms. The number of aromatic nitrogens is 2. The number of hydrogen-bond donors (Lipinski definition) is 2. The van der Waals surface area contributed by atoms with E-state index in [1.54, 1.807) is 0 Å². The van der Waals surface area contributed by atoms with Gasteiger partial charge in [-0.3, -0.25) is 14.3 Å². The van der Waals surface area contributed by atoms with Gasteiger partial charge in [0.2, 0.25) is 0 Å². The lowest BCUT2D eigenvalue weighted by Crippen LogP contribution is -2.46. The monoisotopic (exact) mass is 423 g/mol. The fourth-order valence-corrected chi connectivity index (χ4v) is 4.40. The van der Waals surface area contributed by atoms with Crippen molar-refractivity contribution < 1.29 is 9.59 Å². The second-order valence-electron chi connectivity index (χ2n) is 7.23. The Morgan fingerprint density at radius 1 is 1.21 bits per heavy atom. The smallest absolute Gasteiger partial charge is 0.274 e. The number of carbonyl (C=O) groups is 2. The molecule has 2 aliphatic rings. The lowest BCUT2D eigenvalue weighted by Gasteiger charge is -2.32. The summed E-state index contributed by atoms with van der Waals surface area (Å²) in [4.78, 5) is 26.8. The van der Waals surface area contributed by atoms with Crippen LogP contribution < -0.4 is 10.6 Å². The van der Waals surface area contributed by atoms with Crippen molar-refractivity contribution in [3.8, 4) is 0 Å². The molecule has 1 atom stereocenters. The Hall–Kier alpha value is -1.90. The number of hydrogen-bond acceptors (Lipinski definition) is 5. The molecule has 7 nitrogen and oxygen atoms in total. The minimum Gasteiger partial charge on any atom is -0.349 e. The van der Waals surface area contributed by atoms with Gasteiger partial charge in [0.25, 0.3) is 11.8 Å². The Bertz CT molecular complexity index is 780. The van der Waals surface area contributed by atoms with Gasteiger partial charge in [0.15, 0.2) is 0 Å². The number of piperidine rings is 2. The molecule has 2 N–H and O–H groups in total. The molecule has 2 aromatic heterocycles. The van der Waals surface area contributed by atoms with E-state index in [0.29, 0.717) is 30.4 Å².